The summed E-state index contributed by atoms with van der Waals surface area (Å²) < 4.78 is 12.6. The summed E-state index contributed by atoms with van der Waals surface area (Å²) in [5.74, 6) is 0. The third kappa shape index (κ3) is 22.5. The van der Waals surface area contributed by atoms with Crippen molar-refractivity contribution >= 4 is 49.4 Å². The first-order chi connectivity index (χ1) is 20.8. The van der Waals surface area contributed by atoms with Gasteiger partial charge in [-0.1, -0.05) is 161 Å². The van der Waals surface area contributed by atoms with Crippen LogP contribution >= 0.6 is 0 Å². The highest BCUT2D eigenvalue weighted by Crippen LogP contribution is 2.31. The lowest BCUT2D eigenvalue weighted by atomic mass is 10.5. The average molecular weight is 737 g/mol. The molecule has 0 saturated carbocycles. The highest BCUT2D eigenvalue weighted by Gasteiger charge is 2.41. The van der Waals surface area contributed by atoms with Gasteiger partial charge in [0.05, 0.1) is 0 Å². The number of hydrogen-bond donors (Lipinski definition) is 3. The fourth-order valence-electron chi connectivity index (χ4n) is 8.28. The molecule has 0 saturated heterocycles. The summed E-state index contributed by atoms with van der Waals surface area (Å²) in [6.45, 7) is 42.9. The summed E-state index contributed by atoms with van der Waals surface area (Å²) in [6, 6.07) is 17.6. The molecule has 0 atom stereocenters. The normalized spacial score (nSPS) is 13.2. The van der Waals surface area contributed by atoms with Gasteiger partial charge in [-0.15, -0.1) is 0 Å². The second kappa shape index (κ2) is 26.1. The minimum absolute atomic E-state index is 0.981. The van der Waals surface area contributed by atoms with Crippen molar-refractivity contribution in [3.8, 4) is 0 Å². The van der Waals surface area contributed by atoms with Gasteiger partial charge in [0.25, 0.3) is 0 Å². The molecule has 0 aliphatic heterocycles. The molecule has 0 aromatic heterocycles. The molecule has 0 unspecified atom stereocenters. The van der Waals surface area contributed by atoms with Crippen LogP contribution in [0.3, 0.4) is 0 Å². The molecular formula is C36H93N3Si6. The minimum atomic E-state index is -1.23. The zero-order valence-corrected chi connectivity index (χ0v) is 41.2. The van der Waals surface area contributed by atoms with Crippen LogP contribution in [-0.2, 0) is 0 Å². The molecule has 0 amide bonds. The van der Waals surface area contributed by atoms with Crippen LogP contribution in [-0.4, -0.2) is 49.4 Å². The Bertz CT molecular complexity index is 566. The molecule has 0 rings (SSSR count). The maximum Gasteiger partial charge on any atom is 0.119 e. The molecule has 276 valence electrons. The summed E-state index contributed by atoms with van der Waals surface area (Å²) in [5, 5.41) is 0. The fourth-order valence-corrected chi connectivity index (χ4v) is 43.8. The molecule has 0 radical (unpaired) electrons. The van der Waals surface area contributed by atoms with Gasteiger partial charge >= 0.3 is 0 Å². The van der Waals surface area contributed by atoms with Crippen molar-refractivity contribution in [2.24, 2.45) is 0 Å². The van der Waals surface area contributed by atoms with Crippen molar-refractivity contribution in [1.29, 1.82) is 0 Å². The van der Waals surface area contributed by atoms with Crippen LogP contribution in [0.25, 0.3) is 0 Å². The van der Waals surface area contributed by atoms with Crippen molar-refractivity contribution in [3.63, 3.8) is 0 Å². The fraction of sp³-hybridized carbons (Fsp3) is 1.00. The lowest BCUT2D eigenvalue weighted by Gasteiger charge is -2.44. The monoisotopic (exact) mass is 736 g/mol. The van der Waals surface area contributed by atoms with Gasteiger partial charge in [-0.05, 0) is 72.5 Å². The zero-order valence-electron chi connectivity index (χ0n) is 35.2. The maximum atomic E-state index is 4.56. The van der Waals surface area contributed by atoms with Gasteiger partial charge in [-0.2, -0.15) is 0 Å². The van der Waals surface area contributed by atoms with Crippen LogP contribution < -0.4 is 13.9 Å². The van der Waals surface area contributed by atoms with E-state index in [4.69, 9.17) is 0 Å². The molecule has 0 aromatic rings. The Morgan fingerprint density at radius 1 is 0.267 bits per heavy atom. The van der Waals surface area contributed by atoms with Crippen molar-refractivity contribution in [2.75, 3.05) is 0 Å². The molecule has 0 aliphatic carbocycles. The van der Waals surface area contributed by atoms with E-state index in [9.17, 15) is 0 Å². The van der Waals surface area contributed by atoms with E-state index in [2.05, 4.69) is 136 Å². The average Bonchev–Trinajstić information content (AvgIpc) is 2.94. The van der Waals surface area contributed by atoms with E-state index < -0.39 is 49.4 Å². The van der Waals surface area contributed by atoms with E-state index in [1.807, 2.05) is 0 Å². The first-order valence-electron chi connectivity index (χ1n) is 20.2. The molecular weight excluding hydrogens is 643 g/mol. The van der Waals surface area contributed by atoms with Gasteiger partial charge in [0, 0.05) is 0 Å². The van der Waals surface area contributed by atoms with E-state index in [0.717, 1.165) is 0 Å². The smallest absolute Gasteiger partial charge is 0.119 e. The lowest BCUT2D eigenvalue weighted by molar-refractivity contribution is 0.853. The first kappa shape index (κ1) is 50.6. The Labute approximate surface area is 295 Å². The van der Waals surface area contributed by atoms with E-state index in [1.54, 1.807) is 0 Å². The van der Waals surface area contributed by atoms with Crippen molar-refractivity contribution in [3.05, 3.63) is 0 Å². The number of rotatable bonds is 24. The van der Waals surface area contributed by atoms with Crippen LogP contribution in [0.4, 0.5) is 0 Å². The Hall–Kier alpha value is 1.18. The quantitative estimate of drug-likeness (QED) is 0.0864. The molecule has 0 aromatic carbocycles. The topological polar surface area (TPSA) is 36.1 Å². The predicted molar refractivity (Wildman–Crippen MR) is 233 cm³/mol. The Morgan fingerprint density at radius 3 is 0.556 bits per heavy atom. The Kier molecular flexibility index (Phi) is 29.3. The second-order valence-corrected chi connectivity index (χ2v) is 46.1. The first-order valence-corrected chi connectivity index (χ1v) is 37.7. The summed E-state index contributed by atoms with van der Waals surface area (Å²) in [5.41, 5.74) is 0. The van der Waals surface area contributed by atoms with Gasteiger partial charge in [-0.3, -0.25) is 0 Å². The molecule has 0 spiro atoms. The Morgan fingerprint density at radius 2 is 0.444 bits per heavy atom. The number of hydrogen-bond acceptors (Lipinski definition) is 3. The third-order valence-corrected chi connectivity index (χ3v) is 41.6. The largest absolute Gasteiger partial charge is 0.360 e. The second-order valence-electron chi connectivity index (χ2n) is 16.6. The van der Waals surface area contributed by atoms with Crippen molar-refractivity contribution in [2.45, 2.75) is 233 Å². The summed E-state index contributed by atoms with van der Waals surface area (Å²) in [6.07, 6.45) is 8.30. The SMILES string of the molecule is CCC[Si](CCC)(CCC)N[Si](CCC)(CCC)CCC.CC[Si](CC)(CC)N[Si](CC)(CC)CC.C[Si](C)(C)N[Si](C)(C)C. The van der Waals surface area contributed by atoms with E-state index in [-0.39, 0.29) is 0 Å². The van der Waals surface area contributed by atoms with Crippen LogP contribution in [0.15, 0.2) is 0 Å². The highest BCUT2D eigenvalue weighted by molar-refractivity contribution is 6.94. The van der Waals surface area contributed by atoms with Gasteiger partial charge in [0.1, 0.15) is 49.4 Å². The van der Waals surface area contributed by atoms with Crippen molar-refractivity contribution < 1.29 is 0 Å². The van der Waals surface area contributed by atoms with Crippen LogP contribution in [0.2, 0.25) is 112 Å². The van der Waals surface area contributed by atoms with Gasteiger partial charge in [-0.25, -0.2) is 0 Å². The van der Waals surface area contributed by atoms with Gasteiger partial charge < -0.3 is 13.9 Å². The molecule has 3 N–H and O–H groups in total. The summed E-state index contributed by atoms with van der Waals surface area (Å²) in [7, 11) is -6.63. The van der Waals surface area contributed by atoms with Crippen LogP contribution in [0.5, 0.6) is 0 Å². The molecule has 3 nitrogen and oxygen atoms in total. The third-order valence-electron chi connectivity index (χ3n) is 10.2. The van der Waals surface area contributed by atoms with Gasteiger partial charge in [0.15, 0.2) is 0 Å². The van der Waals surface area contributed by atoms with Crippen LogP contribution in [0, 0.1) is 0 Å². The molecule has 0 aliphatic rings. The molecule has 0 bridgehead atoms. The molecule has 9 heteroatoms. The van der Waals surface area contributed by atoms with E-state index >= 15 is 0 Å². The van der Waals surface area contributed by atoms with Gasteiger partial charge in [0.2, 0.25) is 0 Å². The van der Waals surface area contributed by atoms with E-state index in [0.29, 0.717) is 0 Å². The predicted octanol–water partition coefficient (Wildman–Crippen LogP) is 13.8. The zero-order chi connectivity index (χ0) is 35.8. The van der Waals surface area contributed by atoms with E-state index in [1.165, 1.54) is 111 Å². The maximum absolute atomic E-state index is 4.56. The van der Waals surface area contributed by atoms with Crippen molar-refractivity contribution in [1.82, 2.24) is 13.9 Å². The van der Waals surface area contributed by atoms with Crippen LogP contribution in [0.1, 0.15) is 122 Å². The highest BCUT2D eigenvalue weighted by atomic mass is 28.4. The summed E-state index contributed by atoms with van der Waals surface area (Å²) >= 11 is 0. The molecule has 45 heavy (non-hydrogen) atoms. The lowest BCUT2D eigenvalue weighted by Crippen LogP contribution is -2.64. The Balaban J connectivity index is -0.000000639. The molecule has 0 fully saturated rings. The number of nitrogens with one attached hydrogen (secondary N) is 3. The minimum Gasteiger partial charge on any atom is -0.360 e. The standard InChI is InChI=1S/C18H43NSi2.C12H31NSi2.C6H19NSi2/c1-7-13-20(14-8-2,15-9-3)19-21(16-10-4,17-11-5)18-12-6;1-7-14(8-2,9-3)13-15(10-4,11-5)12-6;1-8(2,3)7-9(4,5)6/h19H,7-18H2,1-6H3;13H,7-12H2,1-6H3;7H,1-6H3. The summed E-state index contributed by atoms with van der Waals surface area (Å²) in [4.78, 5) is 0. The molecule has 0 heterocycles.